The van der Waals surface area contributed by atoms with Crippen LogP contribution in [0, 0.1) is 0 Å². The van der Waals surface area contributed by atoms with Gasteiger partial charge in [0, 0.05) is 18.6 Å². The van der Waals surface area contributed by atoms with E-state index in [-0.39, 0.29) is 47.7 Å². The number of aryl methyl sites for hydroxylation is 1. The number of guanidine groups is 1. The maximum atomic E-state index is 11.8. The Hall–Kier alpha value is -1.51. The van der Waals surface area contributed by atoms with Crippen LogP contribution in [0.5, 0.6) is 5.75 Å². The monoisotopic (exact) mass is 462 g/mol. The van der Waals surface area contributed by atoms with Crippen molar-refractivity contribution in [2.24, 2.45) is 4.99 Å². The Bertz CT molecular complexity index is 539. The third-order valence-corrected chi connectivity index (χ3v) is 3.11. The number of halogens is 1. The lowest BCUT2D eigenvalue weighted by atomic mass is 10.1. The molecule has 0 unspecified atom stereocenters. The summed E-state index contributed by atoms with van der Waals surface area (Å²) in [6.45, 7) is 9.43. The Morgan fingerprint density at radius 3 is 2.36 bits per heavy atom. The molecule has 25 heavy (non-hydrogen) atoms. The van der Waals surface area contributed by atoms with Gasteiger partial charge in [-0.05, 0) is 58.2 Å². The quantitative estimate of drug-likeness (QED) is 0.217. The van der Waals surface area contributed by atoms with Crippen LogP contribution in [0.15, 0.2) is 29.3 Å². The Balaban J connectivity index is 0.00000576. The zero-order chi connectivity index (χ0) is 18.0. The molecule has 0 saturated heterocycles. The van der Waals surface area contributed by atoms with Crippen LogP contribution in [0.3, 0.4) is 0 Å². The zero-order valence-corrected chi connectivity index (χ0v) is 17.9. The van der Waals surface area contributed by atoms with Crippen molar-refractivity contribution in [3.05, 3.63) is 29.8 Å². The summed E-state index contributed by atoms with van der Waals surface area (Å²) in [5.74, 6) is 0.836. The van der Waals surface area contributed by atoms with Gasteiger partial charge in [0.15, 0.2) is 5.96 Å². The summed E-state index contributed by atoms with van der Waals surface area (Å²) in [6, 6.07) is 7.24. The van der Waals surface area contributed by atoms with E-state index >= 15 is 0 Å². The minimum absolute atomic E-state index is 0. The van der Waals surface area contributed by atoms with E-state index < -0.39 is 0 Å². The van der Waals surface area contributed by atoms with Crippen molar-refractivity contribution >= 4 is 35.8 Å². The molecule has 1 aromatic rings. The van der Waals surface area contributed by atoms with Crippen molar-refractivity contribution in [3.63, 3.8) is 0 Å². The molecule has 0 aliphatic rings. The number of aromatic hydroxyl groups is 1. The number of hydrogen-bond donors (Lipinski definition) is 4. The van der Waals surface area contributed by atoms with Crippen LogP contribution in [0.4, 0.5) is 0 Å². The number of phenolic OH excluding ortho intramolecular Hbond substituents is 1. The number of carbonyl (C=O) groups excluding carboxylic acids is 1. The van der Waals surface area contributed by atoms with Gasteiger partial charge >= 0.3 is 0 Å². The maximum absolute atomic E-state index is 11.8. The molecule has 1 amide bonds. The van der Waals surface area contributed by atoms with E-state index in [1.165, 1.54) is 5.56 Å². The van der Waals surface area contributed by atoms with E-state index in [0.29, 0.717) is 5.96 Å². The van der Waals surface area contributed by atoms with Gasteiger partial charge in [0.1, 0.15) is 12.3 Å². The fraction of sp³-hybridized carbons (Fsp3) is 0.556. The molecule has 0 radical (unpaired) electrons. The number of carbonyl (C=O) groups is 1. The highest BCUT2D eigenvalue weighted by molar-refractivity contribution is 14.0. The summed E-state index contributed by atoms with van der Waals surface area (Å²) < 4.78 is 0. The highest BCUT2D eigenvalue weighted by atomic mass is 127. The number of nitrogens with zero attached hydrogens (tertiary/aromatic N) is 1. The number of nitrogens with one attached hydrogen (secondary N) is 3. The fourth-order valence-corrected chi connectivity index (χ4v) is 2.11. The van der Waals surface area contributed by atoms with E-state index in [0.717, 1.165) is 25.9 Å². The number of amides is 1. The lowest BCUT2D eigenvalue weighted by molar-refractivity contribution is -0.121. The fourth-order valence-electron chi connectivity index (χ4n) is 2.11. The van der Waals surface area contributed by atoms with E-state index in [4.69, 9.17) is 0 Å². The minimum atomic E-state index is -0.248. The summed E-state index contributed by atoms with van der Waals surface area (Å²) in [4.78, 5) is 16.1. The highest BCUT2D eigenvalue weighted by Gasteiger charge is 2.13. The number of benzene rings is 1. The van der Waals surface area contributed by atoms with Crippen LogP contribution in [-0.4, -0.2) is 42.1 Å². The number of aliphatic imine (C=N–C) groups is 1. The van der Waals surface area contributed by atoms with Crippen LogP contribution in [0.1, 0.15) is 39.7 Å². The molecule has 142 valence electrons. The summed E-state index contributed by atoms with van der Waals surface area (Å²) in [6.07, 6.45) is 1.85. The predicted octanol–water partition coefficient (Wildman–Crippen LogP) is 2.41. The minimum Gasteiger partial charge on any atom is -0.508 e. The summed E-state index contributed by atoms with van der Waals surface area (Å²) >= 11 is 0. The molecule has 0 fully saturated rings. The molecule has 6 nitrogen and oxygen atoms in total. The SMILES string of the molecule is CCNC(=NCC(=O)NC(C)(C)C)NCCCc1ccc(O)cc1.I. The number of hydrogen-bond acceptors (Lipinski definition) is 3. The number of phenols is 1. The third kappa shape index (κ3) is 11.6. The second kappa shape index (κ2) is 11.9. The van der Waals surface area contributed by atoms with Gasteiger partial charge in [-0.25, -0.2) is 4.99 Å². The van der Waals surface area contributed by atoms with Crippen LogP contribution in [-0.2, 0) is 11.2 Å². The first-order valence-corrected chi connectivity index (χ1v) is 8.41. The van der Waals surface area contributed by atoms with Gasteiger partial charge in [0.05, 0.1) is 0 Å². The Kier molecular flexibility index (Phi) is 11.2. The molecular weight excluding hydrogens is 431 g/mol. The van der Waals surface area contributed by atoms with E-state index in [9.17, 15) is 9.90 Å². The number of rotatable bonds is 7. The Morgan fingerprint density at radius 1 is 1.16 bits per heavy atom. The standard InChI is InChI=1S/C18H30N4O2.HI/c1-5-19-17(21-13-16(24)22-18(2,3)4)20-12-6-7-14-8-10-15(23)11-9-14;/h8-11,23H,5-7,12-13H2,1-4H3,(H,22,24)(H2,19,20,21);1H. The largest absolute Gasteiger partial charge is 0.508 e. The lowest BCUT2D eigenvalue weighted by Crippen LogP contribution is -2.43. The predicted molar refractivity (Wildman–Crippen MR) is 114 cm³/mol. The third-order valence-electron chi connectivity index (χ3n) is 3.11. The van der Waals surface area contributed by atoms with Gasteiger partial charge < -0.3 is 21.1 Å². The molecule has 0 aromatic heterocycles. The van der Waals surface area contributed by atoms with Crippen molar-refractivity contribution in [1.82, 2.24) is 16.0 Å². The average molecular weight is 462 g/mol. The molecule has 0 bridgehead atoms. The molecule has 0 atom stereocenters. The van der Waals surface area contributed by atoms with Gasteiger partial charge in [0.2, 0.25) is 5.91 Å². The van der Waals surface area contributed by atoms with Gasteiger partial charge in [-0.2, -0.15) is 0 Å². The first-order valence-electron chi connectivity index (χ1n) is 8.41. The molecule has 0 spiro atoms. The van der Waals surface area contributed by atoms with Crippen LogP contribution >= 0.6 is 24.0 Å². The first kappa shape index (κ1) is 23.5. The van der Waals surface area contributed by atoms with Gasteiger partial charge in [-0.1, -0.05) is 12.1 Å². The van der Waals surface area contributed by atoms with E-state index in [1.807, 2.05) is 39.8 Å². The molecule has 1 rings (SSSR count). The van der Waals surface area contributed by atoms with Gasteiger partial charge in [0.25, 0.3) is 0 Å². The molecule has 4 N–H and O–H groups in total. The molecular formula is C18H31IN4O2. The topological polar surface area (TPSA) is 85.8 Å². The van der Waals surface area contributed by atoms with Crippen LogP contribution in [0.2, 0.25) is 0 Å². The second-order valence-electron chi connectivity index (χ2n) is 6.69. The molecule has 0 saturated carbocycles. The summed E-state index contributed by atoms with van der Waals surface area (Å²) in [7, 11) is 0. The Morgan fingerprint density at radius 2 is 1.80 bits per heavy atom. The van der Waals surface area contributed by atoms with E-state index in [1.54, 1.807) is 12.1 Å². The van der Waals surface area contributed by atoms with Crippen molar-refractivity contribution < 1.29 is 9.90 Å². The van der Waals surface area contributed by atoms with Crippen LogP contribution in [0.25, 0.3) is 0 Å². The summed E-state index contributed by atoms with van der Waals surface area (Å²) in [5, 5.41) is 18.5. The maximum Gasteiger partial charge on any atom is 0.242 e. The summed E-state index contributed by atoms with van der Waals surface area (Å²) in [5.41, 5.74) is 0.934. The normalized spacial score (nSPS) is 11.4. The first-order chi connectivity index (χ1) is 11.3. The highest BCUT2D eigenvalue weighted by Crippen LogP contribution is 2.10. The lowest BCUT2D eigenvalue weighted by Gasteiger charge is -2.20. The van der Waals surface area contributed by atoms with E-state index in [2.05, 4.69) is 20.9 Å². The van der Waals surface area contributed by atoms with Gasteiger partial charge in [-0.3, -0.25) is 4.79 Å². The van der Waals surface area contributed by atoms with Crippen molar-refractivity contribution in [2.75, 3.05) is 19.6 Å². The smallest absolute Gasteiger partial charge is 0.242 e. The zero-order valence-electron chi connectivity index (χ0n) is 15.6. The van der Waals surface area contributed by atoms with Crippen molar-refractivity contribution in [3.8, 4) is 5.75 Å². The Labute approximate surface area is 167 Å². The average Bonchev–Trinajstić information content (AvgIpc) is 2.49. The van der Waals surface area contributed by atoms with Crippen molar-refractivity contribution in [2.45, 2.75) is 46.1 Å². The molecule has 1 aromatic carbocycles. The van der Waals surface area contributed by atoms with Crippen molar-refractivity contribution in [1.29, 1.82) is 0 Å². The van der Waals surface area contributed by atoms with Gasteiger partial charge in [-0.15, -0.1) is 24.0 Å². The molecule has 0 heterocycles. The van der Waals surface area contributed by atoms with Crippen LogP contribution < -0.4 is 16.0 Å². The molecule has 0 aliphatic heterocycles. The molecule has 7 heteroatoms. The second-order valence-corrected chi connectivity index (χ2v) is 6.69. The molecule has 0 aliphatic carbocycles.